The van der Waals surface area contributed by atoms with Crippen molar-refractivity contribution < 1.29 is 13.2 Å². The molecule has 0 aromatic heterocycles. The molecule has 3 aromatic rings. The van der Waals surface area contributed by atoms with E-state index in [0.717, 1.165) is 23.3 Å². The second kappa shape index (κ2) is 10.3. The minimum atomic E-state index is -4.38. The number of benzene rings is 3. The highest BCUT2D eigenvalue weighted by Gasteiger charge is 2.30. The van der Waals surface area contributed by atoms with Crippen LogP contribution in [0.25, 0.3) is 0 Å². The third-order valence-electron chi connectivity index (χ3n) is 4.55. The third kappa shape index (κ3) is 6.10. The normalized spacial score (nSPS) is 12.1. The quantitative estimate of drug-likeness (QED) is 0.241. The maximum atomic E-state index is 13.0. The number of hydrogen-bond acceptors (Lipinski definition) is 1. The van der Waals surface area contributed by atoms with Gasteiger partial charge in [0.1, 0.15) is 5.84 Å². The lowest BCUT2D eigenvalue weighted by Gasteiger charge is -2.27. The van der Waals surface area contributed by atoms with Crippen molar-refractivity contribution in [1.29, 1.82) is 0 Å². The van der Waals surface area contributed by atoms with Gasteiger partial charge in [-0.15, -0.1) is 11.6 Å². The zero-order valence-electron chi connectivity index (χ0n) is 16.3. The third-order valence-corrected chi connectivity index (χ3v) is 4.72. The second-order valence-electron chi connectivity index (χ2n) is 6.80. The van der Waals surface area contributed by atoms with Crippen LogP contribution in [0, 0.1) is 0 Å². The predicted octanol–water partition coefficient (Wildman–Crippen LogP) is 6.39. The van der Waals surface area contributed by atoms with E-state index in [4.69, 9.17) is 11.6 Å². The molecule has 3 rings (SSSR count). The molecule has 0 aliphatic carbocycles. The number of nitrogens with zero attached hydrogens (tertiary/aromatic N) is 2. The lowest BCUT2D eigenvalue weighted by atomic mass is 10.1. The molecule has 0 spiro atoms. The largest absolute Gasteiger partial charge is 0.416 e. The Hall–Kier alpha value is -2.79. The Morgan fingerprint density at radius 1 is 0.767 bits per heavy atom. The van der Waals surface area contributed by atoms with E-state index in [1.807, 2.05) is 60.7 Å². The van der Waals surface area contributed by atoms with E-state index < -0.39 is 11.7 Å². The van der Waals surface area contributed by atoms with Crippen LogP contribution in [0.4, 0.5) is 13.2 Å². The average Bonchev–Trinajstić information content (AvgIpc) is 2.75. The first-order valence-electron chi connectivity index (χ1n) is 9.58. The summed E-state index contributed by atoms with van der Waals surface area (Å²) in [6, 6.07) is 24.9. The van der Waals surface area contributed by atoms with Crippen molar-refractivity contribution in [2.75, 3.05) is 12.4 Å². The Bertz CT molecular complexity index is 898. The molecule has 0 fully saturated rings. The van der Waals surface area contributed by atoms with Crippen LogP contribution in [-0.2, 0) is 19.3 Å². The van der Waals surface area contributed by atoms with Crippen molar-refractivity contribution in [1.82, 2.24) is 4.90 Å². The van der Waals surface area contributed by atoms with Gasteiger partial charge in [-0.25, -0.2) is 0 Å². The minimum absolute atomic E-state index is 0.328. The van der Waals surface area contributed by atoms with Crippen molar-refractivity contribution in [2.24, 2.45) is 4.99 Å². The number of hydrogen-bond donors (Lipinski definition) is 0. The van der Waals surface area contributed by atoms with Gasteiger partial charge < -0.3 is 4.90 Å². The van der Waals surface area contributed by atoms with Gasteiger partial charge in [0.05, 0.1) is 12.1 Å². The molecular weight excluding hydrogens is 409 g/mol. The molecule has 30 heavy (non-hydrogen) atoms. The van der Waals surface area contributed by atoms with E-state index >= 15 is 0 Å². The van der Waals surface area contributed by atoms with Crippen LogP contribution in [0.5, 0.6) is 0 Å². The highest BCUT2D eigenvalue weighted by atomic mass is 35.5. The first-order chi connectivity index (χ1) is 14.5. The van der Waals surface area contributed by atoms with E-state index in [0.29, 0.717) is 36.9 Å². The molecule has 0 bridgehead atoms. The molecule has 0 amide bonds. The van der Waals surface area contributed by atoms with Gasteiger partial charge in [-0.2, -0.15) is 13.2 Å². The van der Waals surface area contributed by atoms with Crippen LogP contribution in [0.2, 0.25) is 0 Å². The Kier molecular flexibility index (Phi) is 7.52. The van der Waals surface area contributed by atoms with Gasteiger partial charge in [0.2, 0.25) is 0 Å². The van der Waals surface area contributed by atoms with Gasteiger partial charge in [-0.05, 0) is 23.3 Å². The molecule has 0 atom stereocenters. The van der Waals surface area contributed by atoms with Crippen molar-refractivity contribution in [3.05, 3.63) is 107 Å². The summed E-state index contributed by atoms with van der Waals surface area (Å²) in [6.45, 7) is 1.51. The Morgan fingerprint density at radius 3 is 1.70 bits per heavy atom. The number of halogens is 4. The van der Waals surface area contributed by atoms with Crippen LogP contribution < -0.4 is 0 Å². The van der Waals surface area contributed by atoms with Crippen LogP contribution in [0.15, 0.2) is 89.9 Å². The zero-order chi connectivity index (χ0) is 21.4. The van der Waals surface area contributed by atoms with Crippen LogP contribution >= 0.6 is 11.6 Å². The summed E-state index contributed by atoms with van der Waals surface area (Å²) in [5.74, 6) is 0.950. The topological polar surface area (TPSA) is 15.6 Å². The first kappa shape index (κ1) is 21.9. The molecular formula is C24H22ClF3N2. The minimum Gasteiger partial charge on any atom is -0.348 e. The lowest BCUT2D eigenvalue weighted by Crippen LogP contribution is -2.31. The molecule has 0 aliphatic heterocycles. The summed E-state index contributed by atoms with van der Waals surface area (Å²) >= 11 is 5.87. The van der Waals surface area contributed by atoms with Crippen LogP contribution in [0.3, 0.4) is 0 Å². The highest BCUT2D eigenvalue weighted by molar-refractivity contribution is 6.18. The standard InChI is InChI=1S/C24H22ClF3N2/c25-15-16-29-23(21-11-13-22(14-12-21)24(26,27)28)30(17-19-7-3-1-4-8-19)18-20-9-5-2-6-10-20/h1-14H,15-18H2. The van der Waals surface area contributed by atoms with E-state index in [1.165, 1.54) is 12.1 Å². The zero-order valence-corrected chi connectivity index (χ0v) is 17.1. The van der Waals surface area contributed by atoms with Crippen LogP contribution in [0.1, 0.15) is 22.3 Å². The highest BCUT2D eigenvalue weighted by Crippen LogP contribution is 2.29. The van der Waals surface area contributed by atoms with Crippen molar-refractivity contribution in [2.45, 2.75) is 19.3 Å². The summed E-state index contributed by atoms with van der Waals surface area (Å²) in [4.78, 5) is 6.70. The van der Waals surface area contributed by atoms with Gasteiger partial charge >= 0.3 is 6.18 Å². The summed E-state index contributed by atoms with van der Waals surface area (Å²) in [6.07, 6.45) is -4.38. The number of alkyl halides is 4. The van der Waals surface area contributed by atoms with Gasteiger partial charge in [-0.1, -0.05) is 72.8 Å². The molecule has 0 heterocycles. The number of aliphatic imine (C=N–C) groups is 1. The summed E-state index contributed by atoms with van der Waals surface area (Å²) in [5.41, 5.74) is 2.11. The summed E-state index contributed by atoms with van der Waals surface area (Å²) in [7, 11) is 0. The fourth-order valence-electron chi connectivity index (χ4n) is 3.14. The predicted molar refractivity (Wildman–Crippen MR) is 116 cm³/mol. The average molecular weight is 431 g/mol. The van der Waals surface area contributed by atoms with Crippen molar-refractivity contribution in [3.63, 3.8) is 0 Å². The number of rotatable bonds is 7. The monoisotopic (exact) mass is 430 g/mol. The molecule has 0 saturated heterocycles. The molecule has 0 unspecified atom stereocenters. The fourth-order valence-corrected chi connectivity index (χ4v) is 3.23. The Labute approximate surface area is 179 Å². The van der Waals surface area contributed by atoms with Gasteiger partial charge in [0, 0.05) is 24.5 Å². The molecule has 0 N–H and O–H groups in total. The van der Waals surface area contributed by atoms with E-state index in [-0.39, 0.29) is 0 Å². The van der Waals surface area contributed by atoms with Crippen molar-refractivity contribution >= 4 is 17.4 Å². The summed E-state index contributed by atoms with van der Waals surface area (Å²) < 4.78 is 39.0. The van der Waals surface area contributed by atoms with Crippen molar-refractivity contribution in [3.8, 4) is 0 Å². The molecule has 0 saturated carbocycles. The fraction of sp³-hybridized carbons (Fsp3) is 0.208. The van der Waals surface area contributed by atoms with Crippen LogP contribution in [-0.4, -0.2) is 23.2 Å². The molecule has 156 valence electrons. The molecule has 2 nitrogen and oxygen atoms in total. The smallest absolute Gasteiger partial charge is 0.348 e. The SMILES string of the molecule is FC(F)(F)c1ccc(C(=NCCCl)N(Cc2ccccc2)Cc2ccccc2)cc1. The first-order valence-corrected chi connectivity index (χ1v) is 10.1. The van der Waals surface area contributed by atoms with E-state index in [1.54, 1.807) is 0 Å². The van der Waals surface area contributed by atoms with Gasteiger partial charge in [0.25, 0.3) is 0 Å². The van der Waals surface area contributed by atoms with E-state index in [9.17, 15) is 13.2 Å². The molecule has 6 heteroatoms. The van der Waals surface area contributed by atoms with Gasteiger partial charge in [-0.3, -0.25) is 4.99 Å². The van der Waals surface area contributed by atoms with Gasteiger partial charge in [0.15, 0.2) is 0 Å². The van der Waals surface area contributed by atoms with E-state index in [2.05, 4.69) is 9.89 Å². The second-order valence-corrected chi connectivity index (χ2v) is 7.17. The molecule has 0 aliphatic rings. The Balaban J connectivity index is 1.98. The summed E-state index contributed by atoms with van der Waals surface area (Å²) in [5, 5.41) is 0. The number of amidine groups is 1. The Morgan fingerprint density at radius 2 is 1.27 bits per heavy atom. The molecule has 3 aromatic carbocycles. The molecule has 0 radical (unpaired) electrons. The maximum absolute atomic E-state index is 13.0. The lowest BCUT2D eigenvalue weighted by molar-refractivity contribution is -0.137. The maximum Gasteiger partial charge on any atom is 0.416 e.